The molecule has 0 saturated carbocycles. The van der Waals surface area contributed by atoms with Gasteiger partial charge in [-0.15, -0.1) is 11.3 Å². The predicted octanol–water partition coefficient (Wildman–Crippen LogP) is 1.66. The first-order valence-corrected chi connectivity index (χ1v) is 10.4. The molecule has 0 bridgehead atoms. The van der Waals surface area contributed by atoms with Gasteiger partial charge in [-0.3, -0.25) is 10.1 Å². The minimum absolute atomic E-state index is 0.119. The maximum Gasteiger partial charge on any atom is 0.321 e. The van der Waals surface area contributed by atoms with Gasteiger partial charge in [0.2, 0.25) is 9.84 Å². The number of aromatic nitrogens is 3. The second-order valence-electron chi connectivity index (χ2n) is 5.59. The number of carbonyl (C=O) groups excluding carboxylic acids is 1. The van der Waals surface area contributed by atoms with E-state index in [4.69, 9.17) is 0 Å². The van der Waals surface area contributed by atoms with Crippen molar-refractivity contribution in [1.82, 2.24) is 20.3 Å². The molecule has 0 radical (unpaired) electrons. The van der Waals surface area contributed by atoms with Crippen molar-refractivity contribution in [2.45, 2.75) is 17.3 Å². The summed E-state index contributed by atoms with van der Waals surface area (Å²) < 4.78 is 37.7. The van der Waals surface area contributed by atoms with E-state index in [2.05, 4.69) is 25.6 Å². The quantitative estimate of drug-likeness (QED) is 0.552. The molecule has 2 amide bonds. The Hall–Kier alpha value is -3.12. The number of carbonyl (C=O) groups is 1. The molecule has 0 unspecified atom stereocenters. The van der Waals surface area contributed by atoms with Crippen LogP contribution in [-0.2, 0) is 22.1 Å². The van der Waals surface area contributed by atoms with Gasteiger partial charge in [-0.2, -0.15) is 0 Å². The van der Waals surface area contributed by atoms with Crippen LogP contribution in [0.5, 0.6) is 0 Å². The zero-order valence-corrected chi connectivity index (χ0v) is 15.8. The van der Waals surface area contributed by atoms with Gasteiger partial charge < -0.3 is 10.3 Å². The highest BCUT2D eigenvalue weighted by molar-refractivity contribution is 7.90. The van der Waals surface area contributed by atoms with E-state index in [1.165, 1.54) is 23.6 Å². The molecule has 2 aromatic heterocycles. The molecule has 3 aromatic rings. The molecule has 12 heteroatoms. The lowest BCUT2D eigenvalue weighted by Crippen LogP contribution is -2.28. The summed E-state index contributed by atoms with van der Waals surface area (Å²) in [6.07, 6.45) is 1.90. The number of halogens is 1. The third-order valence-electron chi connectivity index (χ3n) is 3.42. The first kappa shape index (κ1) is 19.6. The fourth-order valence-corrected chi connectivity index (χ4v) is 4.12. The topological polar surface area (TPSA) is 134 Å². The molecule has 9 nitrogen and oxygen atoms in total. The van der Waals surface area contributed by atoms with Crippen LogP contribution in [0.25, 0.3) is 0 Å². The maximum absolute atomic E-state index is 13.1. The smallest absolute Gasteiger partial charge is 0.321 e. The number of nitrogens with one attached hydrogen (secondary N) is 3. The van der Waals surface area contributed by atoms with Crippen LogP contribution < -0.4 is 16.2 Å². The Labute approximate surface area is 162 Å². The van der Waals surface area contributed by atoms with Gasteiger partial charge in [0, 0.05) is 18.1 Å². The Bertz CT molecular complexity index is 1140. The van der Waals surface area contributed by atoms with Crippen LogP contribution in [0.15, 0.2) is 51.9 Å². The lowest BCUT2D eigenvalue weighted by molar-refractivity contribution is 0.251. The summed E-state index contributed by atoms with van der Waals surface area (Å²) in [7, 11) is -3.80. The van der Waals surface area contributed by atoms with Gasteiger partial charge in [-0.05, 0) is 17.7 Å². The summed E-state index contributed by atoms with van der Waals surface area (Å²) >= 11 is 1.05. The number of hydrogen-bond donors (Lipinski definition) is 3. The van der Waals surface area contributed by atoms with E-state index >= 15 is 0 Å². The van der Waals surface area contributed by atoms with Gasteiger partial charge in [0.25, 0.3) is 5.56 Å². The second kappa shape index (κ2) is 8.27. The molecule has 0 atom stereocenters. The van der Waals surface area contributed by atoms with Crippen LogP contribution in [0, 0.1) is 5.82 Å². The molecule has 0 fully saturated rings. The number of hydrogen-bond acceptors (Lipinski definition) is 7. The molecule has 0 spiro atoms. The number of nitrogens with zero attached hydrogens (tertiary/aromatic N) is 2. The van der Waals surface area contributed by atoms with E-state index in [1.54, 1.807) is 6.07 Å². The summed E-state index contributed by atoms with van der Waals surface area (Å²) in [6, 6.07) is 5.25. The predicted molar refractivity (Wildman–Crippen MR) is 100 cm³/mol. The van der Waals surface area contributed by atoms with E-state index in [0.717, 1.165) is 23.7 Å². The molecule has 3 N–H and O–H groups in total. The first-order chi connectivity index (χ1) is 13.3. The second-order valence-corrected chi connectivity index (χ2v) is 8.38. The van der Waals surface area contributed by atoms with E-state index in [0.29, 0.717) is 5.56 Å². The summed E-state index contributed by atoms with van der Waals surface area (Å²) in [4.78, 5) is 32.8. The van der Waals surface area contributed by atoms with Crippen LogP contribution in [0.2, 0.25) is 0 Å². The first-order valence-electron chi connectivity index (χ1n) is 7.83. The number of rotatable bonds is 6. The lowest BCUT2D eigenvalue weighted by Gasteiger charge is -2.05. The van der Waals surface area contributed by atoms with Crippen molar-refractivity contribution in [1.29, 1.82) is 0 Å². The van der Waals surface area contributed by atoms with Gasteiger partial charge in [0.15, 0.2) is 10.2 Å². The summed E-state index contributed by atoms with van der Waals surface area (Å²) in [5, 5.41) is 6.46. The largest absolute Gasteiger partial charge is 0.334 e. The maximum atomic E-state index is 13.1. The highest BCUT2D eigenvalue weighted by atomic mass is 32.2. The Balaban J connectivity index is 1.58. The van der Waals surface area contributed by atoms with Crippen molar-refractivity contribution in [3.05, 3.63) is 69.5 Å². The standard InChI is InChI=1S/C16H14FN5O4S2/c17-11-3-1-2-10(4-11)5-20-15(24)22-16-21-12(8-27-16)9-28(25,26)14-7-18-13(23)6-19-14/h1-4,6-8H,5,9H2,(H,18,23)(H2,20,21,22,24). The van der Waals surface area contributed by atoms with Crippen molar-refractivity contribution in [2.24, 2.45) is 0 Å². The number of benzene rings is 1. The fraction of sp³-hybridized carbons (Fsp3) is 0.125. The molecular formula is C16H14FN5O4S2. The SMILES string of the molecule is O=C(NCc1cccc(F)c1)Nc1nc(CS(=O)(=O)c2c[nH]c(=O)cn2)cs1. The third-order valence-corrected chi connectivity index (χ3v) is 5.76. The van der Waals surface area contributed by atoms with Crippen molar-refractivity contribution in [3.8, 4) is 0 Å². The van der Waals surface area contributed by atoms with E-state index < -0.39 is 33.0 Å². The number of anilines is 1. The third kappa shape index (κ3) is 5.20. The summed E-state index contributed by atoms with van der Waals surface area (Å²) in [6.45, 7) is 0.119. The van der Waals surface area contributed by atoms with Crippen LogP contribution in [0.3, 0.4) is 0 Å². The monoisotopic (exact) mass is 423 g/mol. The van der Waals surface area contributed by atoms with Crippen LogP contribution >= 0.6 is 11.3 Å². The Morgan fingerprint density at radius 3 is 2.86 bits per heavy atom. The van der Waals surface area contributed by atoms with E-state index in [-0.39, 0.29) is 22.4 Å². The van der Waals surface area contributed by atoms with E-state index in [1.807, 2.05) is 0 Å². The van der Waals surface area contributed by atoms with Crippen LogP contribution in [-0.4, -0.2) is 29.4 Å². The van der Waals surface area contributed by atoms with Crippen LogP contribution in [0.1, 0.15) is 11.3 Å². The number of H-pyrrole nitrogens is 1. The Kier molecular flexibility index (Phi) is 5.80. The molecule has 0 aliphatic carbocycles. The zero-order chi connectivity index (χ0) is 20.1. The van der Waals surface area contributed by atoms with Crippen LogP contribution in [0.4, 0.5) is 14.3 Å². The molecule has 2 heterocycles. The van der Waals surface area contributed by atoms with Crippen molar-refractivity contribution < 1.29 is 17.6 Å². The van der Waals surface area contributed by atoms with E-state index in [9.17, 15) is 22.4 Å². The number of aromatic amines is 1. The molecule has 3 rings (SSSR count). The summed E-state index contributed by atoms with van der Waals surface area (Å²) in [5.41, 5.74) is 0.302. The van der Waals surface area contributed by atoms with Crippen molar-refractivity contribution >= 4 is 32.3 Å². The van der Waals surface area contributed by atoms with Crippen molar-refractivity contribution in [2.75, 3.05) is 5.32 Å². The fourth-order valence-electron chi connectivity index (χ4n) is 2.17. The van der Waals surface area contributed by atoms with Gasteiger partial charge >= 0.3 is 6.03 Å². The molecule has 1 aromatic carbocycles. The number of amides is 2. The highest BCUT2D eigenvalue weighted by Crippen LogP contribution is 2.19. The summed E-state index contributed by atoms with van der Waals surface area (Å²) in [5.74, 6) is -0.836. The minimum atomic E-state index is -3.80. The number of urea groups is 1. The molecule has 28 heavy (non-hydrogen) atoms. The Morgan fingerprint density at radius 2 is 2.14 bits per heavy atom. The van der Waals surface area contributed by atoms with Gasteiger partial charge in [-0.1, -0.05) is 12.1 Å². The highest BCUT2D eigenvalue weighted by Gasteiger charge is 2.19. The molecular weight excluding hydrogens is 409 g/mol. The van der Waals surface area contributed by atoms with Crippen molar-refractivity contribution in [3.63, 3.8) is 0 Å². The minimum Gasteiger partial charge on any atom is -0.334 e. The number of thiazole rings is 1. The molecule has 0 saturated heterocycles. The van der Waals surface area contributed by atoms with Gasteiger partial charge in [-0.25, -0.2) is 27.6 Å². The lowest BCUT2D eigenvalue weighted by atomic mass is 10.2. The average Bonchev–Trinajstić information content (AvgIpc) is 3.06. The average molecular weight is 423 g/mol. The Morgan fingerprint density at radius 1 is 1.32 bits per heavy atom. The van der Waals surface area contributed by atoms with Gasteiger partial charge in [0.05, 0.1) is 17.6 Å². The normalized spacial score (nSPS) is 11.2. The molecule has 146 valence electrons. The number of sulfone groups is 1. The molecule has 0 aliphatic rings. The zero-order valence-electron chi connectivity index (χ0n) is 14.2. The molecule has 0 aliphatic heterocycles. The van der Waals surface area contributed by atoms with Gasteiger partial charge in [0.1, 0.15) is 5.82 Å².